The van der Waals surface area contributed by atoms with Crippen LogP contribution in [0.2, 0.25) is 0 Å². The number of hydrogen-bond acceptors (Lipinski definition) is 3. The van der Waals surface area contributed by atoms with E-state index in [-0.39, 0.29) is 24.4 Å². The quantitative estimate of drug-likeness (QED) is 0.824. The van der Waals surface area contributed by atoms with Crippen LogP contribution in [0.4, 0.5) is 0 Å². The molecule has 0 unspecified atom stereocenters. The third-order valence-electron chi connectivity index (χ3n) is 2.52. The van der Waals surface area contributed by atoms with Gasteiger partial charge in [0.2, 0.25) is 5.91 Å². The molecule has 2 amide bonds. The highest BCUT2D eigenvalue weighted by atomic mass is 16.2. The fourth-order valence-corrected chi connectivity index (χ4v) is 1.71. The fraction of sp³-hybridized carbons (Fsp3) is 0.583. The highest BCUT2D eigenvalue weighted by Gasteiger charge is 2.20. The summed E-state index contributed by atoms with van der Waals surface area (Å²) in [6.45, 7) is 7.35. The SMILES string of the molecule is Cc1n[nH]c(C)c1C(=O)N(C)CC(=O)NC(C)C. The molecule has 100 valence electrons. The molecule has 0 saturated carbocycles. The number of H-pyrrole nitrogens is 1. The van der Waals surface area contributed by atoms with Gasteiger partial charge in [-0.05, 0) is 27.7 Å². The molecule has 0 fully saturated rings. The minimum absolute atomic E-state index is 0.0427. The van der Waals surface area contributed by atoms with Crippen molar-refractivity contribution >= 4 is 11.8 Å². The summed E-state index contributed by atoms with van der Waals surface area (Å²) in [7, 11) is 1.61. The molecule has 18 heavy (non-hydrogen) atoms. The molecule has 0 aromatic carbocycles. The average Bonchev–Trinajstić information content (AvgIpc) is 2.56. The number of carbonyl (C=O) groups is 2. The molecule has 0 radical (unpaired) electrons. The Bertz CT molecular complexity index is 431. The summed E-state index contributed by atoms with van der Waals surface area (Å²) in [6.07, 6.45) is 0. The molecule has 6 nitrogen and oxygen atoms in total. The van der Waals surface area contributed by atoms with Crippen LogP contribution >= 0.6 is 0 Å². The maximum Gasteiger partial charge on any atom is 0.257 e. The summed E-state index contributed by atoms with van der Waals surface area (Å²) in [5, 5.41) is 9.48. The smallest absolute Gasteiger partial charge is 0.257 e. The largest absolute Gasteiger partial charge is 0.352 e. The first kappa shape index (κ1) is 14.2. The zero-order valence-electron chi connectivity index (χ0n) is 11.5. The van der Waals surface area contributed by atoms with Crippen molar-refractivity contribution in [2.75, 3.05) is 13.6 Å². The molecule has 0 saturated heterocycles. The Hall–Kier alpha value is -1.85. The van der Waals surface area contributed by atoms with Crippen LogP contribution in [0.3, 0.4) is 0 Å². The summed E-state index contributed by atoms with van der Waals surface area (Å²) in [4.78, 5) is 25.1. The zero-order valence-corrected chi connectivity index (χ0v) is 11.5. The molecular weight excluding hydrogens is 232 g/mol. The number of carbonyl (C=O) groups excluding carboxylic acids is 2. The van der Waals surface area contributed by atoms with Gasteiger partial charge in [0.25, 0.3) is 5.91 Å². The van der Waals surface area contributed by atoms with Gasteiger partial charge >= 0.3 is 0 Å². The molecule has 1 aromatic rings. The molecule has 0 aliphatic heterocycles. The third-order valence-corrected chi connectivity index (χ3v) is 2.52. The van der Waals surface area contributed by atoms with E-state index in [1.54, 1.807) is 20.9 Å². The number of hydrogen-bond donors (Lipinski definition) is 2. The first-order valence-corrected chi connectivity index (χ1v) is 5.89. The number of aryl methyl sites for hydroxylation is 2. The van der Waals surface area contributed by atoms with Gasteiger partial charge in [-0.2, -0.15) is 5.10 Å². The molecule has 1 aromatic heterocycles. The van der Waals surface area contributed by atoms with Gasteiger partial charge in [0.1, 0.15) is 0 Å². The fourth-order valence-electron chi connectivity index (χ4n) is 1.71. The van der Waals surface area contributed by atoms with Crippen LogP contribution in [0, 0.1) is 13.8 Å². The van der Waals surface area contributed by atoms with E-state index in [1.807, 2.05) is 13.8 Å². The van der Waals surface area contributed by atoms with E-state index in [0.717, 1.165) is 0 Å². The van der Waals surface area contributed by atoms with Gasteiger partial charge in [-0.25, -0.2) is 0 Å². The zero-order chi connectivity index (χ0) is 13.9. The second-order valence-electron chi connectivity index (χ2n) is 4.69. The molecule has 6 heteroatoms. The van der Waals surface area contributed by atoms with Crippen LogP contribution < -0.4 is 5.32 Å². The van der Waals surface area contributed by atoms with Crippen molar-refractivity contribution in [3.63, 3.8) is 0 Å². The van der Waals surface area contributed by atoms with Gasteiger partial charge in [0.05, 0.1) is 17.8 Å². The Morgan fingerprint density at radius 3 is 2.44 bits per heavy atom. The maximum atomic E-state index is 12.2. The van der Waals surface area contributed by atoms with Gasteiger partial charge in [0, 0.05) is 18.8 Å². The second kappa shape index (κ2) is 5.66. The van der Waals surface area contributed by atoms with E-state index in [1.165, 1.54) is 4.90 Å². The minimum atomic E-state index is -0.197. The summed E-state index contributed by atoms with van der Waals surface area (Å²) >= 11 is 0. The van der Waals surface area contributed by atoms with Crippen LogP contribution in [0.15, 0.2) is 0 Å². The van der Waals surface area contributed by atoms with E-state index in [9.17, 15) is 9.59 Å². The van der Waals surface area contributed by atoms with E-state index < -0.39 is 0 Å². The highest BCUT2D eigenvalue weighted by molar-refractivity contribution is 5.98. The monoisotopic (exact) mass is 252 g/mol. The van der Waals surface area contributed by atoms with Crippen molar-refractivity contribution in [3.8, 4) is 0 Å². The Morgan fingerprint density at radius 2 is 2.00 bits per heavy atom. The Labute approximate surface area is 107 Å². The summed E-state index contributed by atoms with van der Waals surface area (Å²) in [5.41, 5.74) is 1.90. The van der Waals surface area contributed by atoms with E-state index in [0.29, 0.717) is 17.0 Å². The molecule has 0 aliphatic carbocycles. The van der Waals surface area contributed by atoms with Crippen LogP contribution in [-0.4, -0.2) is 46.5 Å². The first-order valence-electron chi connectivity index (χ1n) is 5.89. The Morgan fingerprint density at radius 1 is 1.39 bits per heavy atom. The van der Waals surface area contributed by atoms with Crippen LogP contribution in [0.25, 0.3) is 0 Å². The van der Waals surface area contributed by atoms with Crippen molar-refractivity contribution in [2.45, 2.75) is 33.7 Å². The van der Waals surface area contributed by atoms with Crippen LogP contribution in [0.5, 0.6) is 0 Å². The average molecular weight is 252 g/mol. The van der Waals surface area contributed by atoms with Crippen LogP contribution in [-0.2, 0) is 4.79 Å². The van der Waals surface area contributed by atoms with E-state index in [2.05, 4.69) is 15.5 Å². The molecule has 0 aliphatic rings. The molecule has 0 spiro atoms. The number of nitrogens with one attached hydrogen (secondary N) is 2. The van der Waals surface area contributed by atoms with Crippen molar-refractivity contribution in [3.05, 3.63) is 17.0 Å². The minimum Gasteiger partial charge on any atom is -0.352 e. The lowest BCUT2D eigenvalue weighted by Gasteiger charge is -2.18. The predicted molar refractivity (Wildman–Crippen MR) is 68.3 cm³/mol. The lowest BCUT2D eigenvalue weighted by atomic mass is 10.2. The molecule has 2 N–H and O–H groups in total. The first-order chi connectivity index (χ1) is 8.32. The van der Waals surface area contributed by atoms with E-state index in [4.69, 9.17) is 0 Å². The molecule has 1 rings (SSSR count). The van der Waals surface area contributed by atoms with Crippen LogP contribution in [0.1, 0.15) is 35.6 Å². The number of amides is 2. The Balaban J connectivity index is 2.71. The number of likely N-dealkylation sites (N-methyl/N-ethyl adjacent to an activating group) is 1. The normalized spacial score (nSPS) is 10.6. The molecule has 0 atom stereocenters. The molecule has 1 heterocycles. The molecular formula is C12H20N4O2. The summed E-state index contributed by atoms with van der Waals surface area (Å²) in [5.74, 6) is -0.364. The standard InChI is InChI=1S/C12H20N4O2/c1-7(2)13-10(17)6-16(5)12(18)11-8(3)14-15-9(11)4/h7H,6H2,1-5H3,(H,13,17)(H,14,15). The number of rotatable bonds is 4. The topological polar surface area (TPSA) is 78.1 Å². The van der Waals surface area contributed by atoms with Gasteiger partial charge in [-0.1, -0.05) is 0 Å². The lowest BCUT2D eigenvalue weighted by Crippen LogP contribution is -2.41. The lowest BCUT2D eigenvalue weighted by molar-refractivity contribution is -0.122. The summed E-state index contributed by atoms with van der Waals surface area (Å²) in [6, 6.07) is 0.0680. The van der Waals surface area contributed by atoms with Crippen molar-refractivity contribution in [1.29, 1.82) is 0 Å². The second-order valence-corrected chi connectivity index (χ2v) is 4.69. The summed E-state index contributed by atoms with van der Waals surface area (Å²) < 4.78 is 0. The number of aromatic nitrogens is 2. The predicted octanol–water partition coefficient (Wildman–Crippen LogP) is 0.623. The van der Waals surface area contributed by atoms with Gasteiger partial charge in [0.15, 0.2) is 0 Å². The van der Waals surface area contributed by atoms with E-state index >= 15 is 0 Å². The molecule has 0 bridgehead atoms. The van der Waals surface area contributed by atoms with Gasteiger partial charge < -0.3 is 10.2 Å². The van der Waals surface area contributed by atoms with Crippen molar-refractivity contribution in [2.24, 2.45) is 0 Å². The number of aromatic amines is 1. The third kappa shape index (κ3) is 3.32. The maximum absolute atomic E-state index is 12.2. The van der Waals surface area contributed by atoms with Crippen molar-refractivity contribution < 1.29 is 9.59 Å². The van der Waals surface area contributed by atoms with Crippen molar-refractivity contribution in [1.82, 2.24) is 20.4 Å². The number of nitrogens with zero attached hydrogens (tertiary/aromatic N) is 2. The van der Waals surface area contributed by atoms with Gasteiger partial charge in [-0.15, -0.1) is 0 Å². The van der Waals surface area contributed by atoms with Gasteiger partial charge in [-0.3, -0.25) is 14.7 Å². The highest BCUT2D eigenvalue weighted by Crippen LogP contribution is 2.11. The Kier molecular flexibility index (Phi) is 4.47.